The van der Waals surface area contributed by atoms with E-state index in [-0.39, 0.29) is 28.9 Å². The highest BCUT2D eigenvalue weighted by atomic mass is 32.2. The van der Waals surface area contributed by atoms with Crippen molar-refractivity contribution in [1.82, 2.24) is 14.8 Å². The minimum absolute atomic E-state index is 0.0610. The van der Waals surface area contributed by atoms with Gasteiger partial charge in [-0.3, -0.25) is 4.79 Å². The van der Waals surface area contributed by atoms with Crippen LogP contribution in [0.3, 0.4) is 0 Å². The normalized spacial score (nSPS) is 12.4. The van der Waals surface area contributed by atoms with Gasteiger partial charge in [0.15, 0.2) is 27.6 Å². The molecule has 0 radical (unpaired) electrons. The molecule has 0 saturated heterocycles. The van der Waals surface area contributed by atoms with E-state index in [0.717, 1.165) is 17.1 Å². The van der Waals surface area contributed by atoms with E-state index in [9.17, 15) is 26.4 Å². The molecule has 0 bridgehead atoms. The maximum Gasteiger partial charge on any atom is 0.435 e. The molecule has 0 aromatic carbocycles. The number of halogens is 3. The van der Waals surface area contributed by atoms with Crippen molar-refractivity contribution in [3.63, 3.8) is 0 Å². The number of nitrogens with zero attached hydrogens (tertiary/aromatic N) is 3. The minimum atomic E-state index is -4.83. The van der Waals surface area contributed by atoms with E-state index < -0.39 is 27.3 Å². The maximum absolute atomic E-state index is 13.1. The largest absolute Gasteiger partial charge is 0.435 e. The van der Waals surface area contributed by atoms with E-state index in [1.165, 1.54) is 12.1 Å². The topological polar surface area (TPSA) is 94.0 Å². The Hall–Kier alpha value is -2.43. The fraction of sp³-hybridized carbons (Fsp3) is 0.357. The predicted molar refractivity (Wildman–Crippen MR) is 83.6 cm³/mol. The summed E-state index contributed by atoms with van der Waals surface area (Å²) >= 11 is 0. The van der Waals surface area contributed by atoms with Gasteiger partial charge in [-0.25, -0.2) is 13.4 Å². The molecule has 0 aliphatic rings. The summed E-state index contributed by atoms with van der Waals surface area (Å²) in [5.41, 5.74) is -1.99. The first-order valence-electron chi connectivity index (χ1n) is 7.03. The van der Waals surface area contributed by atoms with E-state index in [4.69, 9.17) is 0 Å². The van der Waals surface area contributed by atoms with Gasteiger partial charge in [-0.1, -0.05) is 0 Å². The number of carbonyl (C=O) groups is 1. The molecule has 0 amide bonds. The molecule has 7 nitrogen and oxygen atoms in total. The summed E-state index contributed by atoms with van der Waals surface area (Å²) in [6.45, 7) is 3.36. The molecule has 2 rings (SSSR count). The Morgan fingerprint density at radius 1 is 1.28 bits per heavy atom. The molecule has 0 saturated carbocycles. The van der Waals surface area contributed by atoms with Gasteiger partial charge in [-0.15, -0.1) is 0 Å². The van der Waals surface area contributed by atoms with E-state index >= 15 is 0 Å². The Kier molecular flexibility index (Phi) is 4.89. The third kappa shape index (κ3) is 3.98. The first-order valence-corrected chi connectivity index (χ1v) is 8.92. The van der Waals surface area contributed by atoms with Gasteiger partial charge >= 0.3 is 6.18 Å². The van der Waals surface area contributed by atoms with Crippen molar-refractivity contribution in [2.24, 2.45) is 0 Å². The fourth-order valence-electron chi connectivity index (χ4n) is 2.05. The lowest BCUT2D eigenvalue weighted by Crippen LogP contribution is -2.15. The molecule has 11 heteroatoms. The van der Waals surface area contributed by atoms with Crippen molar-refractivity contribution in [2.45, 2.75) is 31.0 Å². The molecule has 0 atom stereocenters. The molecule has 136 valence electrons. The molecule has 0 aliphatic heterocycles. The lowest BCUT2D eigenvalue weighted by molar-refractivity contribution is -0.141. The standard InChI is InChI=1S/C14H15F3N4O3S/c1-8(2)19-13-10(7-22)12(14(15,16)17)20-21(13)11-5-4-9(6-18-11)25(3,23)24/h4-8,19H,1-3H3. The molecule has 2 aromatic rings. The van der Waals surface area contributed by atoms with Crippen LogP contribution in [0.4, 0.5) is 19.0 Å². The van der Waals surface area contributed by atoms with Crippen LogP contribution in [0.2, 0.25) is 0 Å². The number of aldehydes is 1. The van der Waals surface area contributed by atoms with Crippen LogP contribution in [0.1, 0.15) is 29.9 Å². The third-order valence-corrected chi connectivity index (χ3v) is 4.20. The van der Waals surface area contributed by atoms with Gasteiger partial charge in [0.05, 0.1) is 10.5 Å². The summed E-state index contributed by atoms with van der Waals surface area (Å²) in [5.74, 6) is -0.230. The van der Waals surface area contributed by atoms with Gasteiger partial charge < -0.3 is 5.32 Å². The van der Waals surface area contributed by atoms with E-state index in [1.807, 2.05) is 0 Å². The Labute approximate surface area is 141 Å². The van der Waals surface area contributed by atoms with Crippen molar-refractivity contribution in [3.8, 4) is 5.82 Å². The van der Waals surface area contributed by atoms with Crippen molar-refractivity contribution < 1.29 is 26.4 Å². The molecule has 0 unspecified atom stereocenters. The molecule has 0 aliphatic carbocycles. The van der Waals surface area contributed by atoms with Gasteiger partial charge in [0, 0.05) is 18.5 Å². The lowest BCUT2D eigenvalue weighted by Gasteiger charge is -2.12. The molecular weight excluding hydrogens is 361 g/mol. The van der Waals surface area contributed by atoms with Crippen LogP contribution in [0, 0.1) is 0 Å². The predicted octanol–water partition coefficient (Wildman–Crippen LogP) is 2.32. The van der Waals surface area contributed by atoms with E-state index in [2.05, 4.69) is 15.4 Å². The van der Waals surface area contributed by atoms with Crippen LogP contribution in [0.15, 0.2) is 23.2 Å². The Balaban J connectivity index is 2.67. The Morgan fingerprint density at radius 3 is 2.32 bits per heavy atom. The first kappa shape index (κ1) is 18.9. The van der Waals surface area contributed by atoms with Crippen LogP contribution in [-0.4, -0.2) is 41.8 Å². The van der Waals surface area contributed by atoms with Gasteiger partial charge in [-0.05, 0) is 26.0 Å². The highest BCUT2D eigenvalue weighted by molar-refractivity contribution is 7.90. The average molecular weight is 376 g/mol. The minimum Gasteiger partial charge on any atom is -0.367 e. The van der Waals surface area contributed by atoms with Crippen LogP contribution < -0.4 is 5.32 Å². The van der Waals surface area contributed by atoms with Gasteiger partial charge in [-0.2, -0.15) is 23.0 Å². The summed E-state index contributed by atoms with van der Waals surface area (Å²) in [6, 6.07) is 2.13. The average Bonchev–Trinajstić information content (AvgIpc) is 2.84. The van der Waals surface area contributed by atoms with Crippen LogP contribution in [0.25, 0.3) is 5.82 Å². The number of pyridine rings is 1. The van der Waals surface area contributed by atoms with Crippen molar-refractivity contribution in [3.05, 3.63) is 29.6 Å². The first-order chi connectivity index (χ1) is 11.4. The zero-order valence-corrected chi connectivity index (χ0v) is 14.3. The smallest absolute Gasteiger partial charge is 0.367 e. The van der Waals surface area contributed by atoms with Crippen molar-refractivity contribution in [1.29, 1.82) is 0 Å². The number of alkyl halides is 3. The van der Waals surface area contributed by atoms with Crippen LogP contribution >= 0.6 is 0 Å². The summed E-state index contributed by atoms with van der Waals surface area (Å²) in [6.07, 6.45) is -2.77. The summed E-state index contributed by atoms with van der Waals surface area (Å²) in [5, 5.41) is 6.19. The number of sulfone groups is 1. The third-order valence-electron chi connectivity index (χ3n) is 3.10. The van der Waals surface area contributed by atoms with Gasteiger partial charge in [0.2, 0.25) is 0 Å². The van der Waals surface area contributed by atoms with Crippen LogP contribution in [0.5, 0.6) is 0 Å². The number of aromatic nitrogens is 3. The van der Waals surface area contributed by atoms with Gasteiger partial charge in [0.1, 0.15) is 5.82 Å². The summed E-state index contributed by atoms with van der Waals surface area (Å²) < 4.78 is 63.2. The zero-order valence-electron chi connectivity index (χ0n) is 13.5. The Morgan fingerprint density at radius 2 is 1.92 bits per heavy atom. The summed E-state index contributed by atoms with van der Waals surface area (Å²) in [7, 11) is -3.51. The number of hydrogen-bond donors (Lipinski definition) is 1. The van der Waals surface area contributed by atoms with Crippen LogP contribution in [-0.2, 0) is 16.0 Å². The fourth-order valence-corrected chi connectivity index (χ4v) is 2.61. The highest BCUT2D eigenvalue weighted by Crippen LogP contribution is 2.35. The number of anilines is 1. The molecule has 0 fully saturated rings. The Bertz CT molecular complexity index is 887. The number of hydrogen-bond acceptors (Lipinski definition) is 6. The molecular formula is C14H15F3N4O3S. The molecule has 0 spiro atoms. The second kappa shape index (κ2) is 6.47. The monoisotopic (exact) mass is 376 g/mol. The number of nitrogens with one attached hydrogen (secondary N) is 1. The highest BCUT2D eigenvalue weighted by Gasteiger charge is 2.39. The summed E-state index contributed by atoms with van der Waals surface area (Å²) in [4.78, 5) is 15.0. The second-order valence-corrected chi connectivity index (χ2v) is 7.58. The van der Waals surface area contributed by atoms with Gasteiger partial charge in [0.25, 0.3) is 0 Å². The number of carbonyl (C=O) groups excluding carboxylic acids is 1. The lowest BCUT2D eigenvalue weighted by atomic mass is 10.2. The molecule has 25 heavy (non-hydrogen) atoms. The molecule has 1 N–H and O–H groups in total. The quantitative estimate of drug-likeness (QED) is 0.805. The maximum atomic E-state index is 13.1. The SMILES string of the molecule is CC(C)Nc1c(C=O)c(C(F)(F)F)nn1-c1ccc(S(C)(=O)=O)cn1. The number of rotatable bonds is 5. The van der Waals surface area contributed by atoms with E-state index in [1.54, 1.807) is 13.8 Å². The van der Waals surface area contributed by atoms with Crippen molar-refractivity contribution in [2.75, 3.05) is 11.6 Å². The van der Waals surface area contributed by atoms with Crippen molar-refractivity contribution >= 4 is 21.9 Å². The zero-order chi connectivity index (χ0) is 19.0. The molecule has 2 aromatic heterocycles. The van der Waals surface area contributed by atoms with E-state index in [0.29, 0.717) is 0 Å². The molecule has 2 heterocycles. The second-order valence-electron chi connectivity index (χ2n) is 5.56.